The maximum absolute atomic E-state index is 11.8. The first-order valence-electron chi connectivity index (χ1n) is 4.86. The minimum atomic E-state index is -3.07. The van der Waals surface area contributed by atoms with E-state index in [1.165, 1.54) is 0 Å². The molecule has 0 saturated carbocycles. The number of hydrogen-bond donors (Lipinski definition) is 0. The van der Waals surface area contributed by atoms with Crippen LogP contribution in [0.3, 0.4) is 0 Å². The Bertz CT molecular complexity index is 277. The lowest BCUT2D eigenvalue weighted by atomic mass is 10.1. The van der Waals surface area contributed by atoms with Gasteiger partial charge in [0.05, 0.1) is 0 Å². The quantitative estimate of drug-likeness (QED) is 0.648. The zero-order chi connectivity index (χ0) is 9.47. The topological polar surface area (TPSA) is 40.6 Å². The van der Waals surface area contributed by atoms with Crippen molar-refractivity contribution in [1.82, 2.24) is 8.61 Å². The standard InChI is InChI=1S/C8H16N2O2S/c1-8-6-10(7-8)13(11,12)9-4-2-3-5-9/h8H,2-7H2,1H3. The van der Waals surface area contributed by atoms with Gasteiger partial charge in [-0.05, 0) is 18.8 Å². The van der Waals surface area contributed by atoms with Gasteiger partial charge in [-0.25, -0.2) is 0 Å². The predicted molar refractivity (Wildman–Crippen MR) is 50.5 cm³/mol. The Labute approximate surface area is 79.7 Å². The van der Waals surface area contributed by atoms with Crippen LogP contribution < -0.4 is 0 Å². The molecular formula is C8H16N2O2S. The number of hydrogen-bond acceptors (Lipinski definition) is 2. The summed E-state index contributed by atoms with van der Waals surface area (Å²) >= 11 is 0. The molecule has 76 valence electrons. The molecule has 5 heteroatoms. The van der Waals surface area contributed by atoms with Crippen molar-refractivity contribution < 1.29 is 8.42 Å². The van der Waals surface area contributed by atoms with E-state index < -0.39 is 10.2 Å². The molecular weight excluding hydrogens is 188 g/mol. The van der Waals surface area contributed by atoms with Crippen LogP contribution in [-0.4, -0.2) is 43.2 Å². The summed E-state index contributed by atoms with van der Waals surface area (Å²) in [4.78, 5) is 0. The Morgan fingerprint density at radius 3 is 2.08 bits per heavy atom. The highest BCUT2D eigenvalue weighted by atomic mass is 32.2. The highest BCUT2D eigenvalue weighted by molar-refractivity contribution is 7.86. The van der Waals surface area contributed by atoms with Crippen LogP contribution in [-0.2, 0) is 10.2 Å². The van der Waals surface area contributed by atoms with Gasteiger partial charge in [0, 0.05) is 26.2 Å². The van der Waals surface area contributed by atoms with Crippen molar-refractivity contribution in [2.24, 2.45) is 5.92 Å². The molecule has 2 fully saturated rings. The maximum atomic E-state index is 11.8. The average molecular weight is 204 g/mol. The van der Waals surface area contributed by atoms with Crippen molar-refractivity contribution in [2.75, 3.05) is 26.2 Å². The van der Waals surface area contributed by atoms with Crippen molar-refractivity contribution in [1.29, 1.82) is 0 Å². The molecule has 0 unspecified atom stereocenters. The predicted octanol–water partition coefficient (Wildman–Crippen LogP) is 0.279. The Hall–Kier alpha value is -0.130. The summed E-state index contributed by atoms with van der Waals surface area (Å²) in [5.41, 5.74) is 0. The molecule has 0 aromatic carbocycles. The van der Waals surface area contributed by atoms with Crippen LogP contribution in [0.5, 0.6) is 0 Å². The third-order valence-electron chi connectivity index (χ3n) is 2.75. The van der Waals surface area contributed by atoms with Gasteiger partial charge in [0.1, 0.15) is 0 Å². The molecule has 0 atom stereocenters. The first kappa shape index (κ1) is 9.43. The van der Waals surface area contributed by atoms with Crippen LogP contribution in [0.1, 0.15) is 19.8 Å². The molecule has 2 aliphatic rings. The second-order valence-electron chi connectivity index (χ2n) is 4.04. The molecule has 2 saturated heterocycles. The smallest absolute Gasteiger partial charge is 0.195 e. The van der Waals surface area contributed by atoms with E-state index >= 15 is 0 Å². The number of nitrogens with zero attached hydrogens (tertiary/aromatic N) is 2. The van der Waals surface area contributed by atoms with E-state index in [1.54, 1.807) is 8.61 Å². The zero-order valence-corrected chi connectivity index (χ0v) is 8.76. The van der Waals surface area contributed by atoms with Crippen LogP contribution >= 0.6 is 0 Å². The first-order valence-corrected chi connectivity index (χ1v) is 6.25. The Balaban J connectivity index is 2.03. The fraction of sp³-hybridized carbons (Fsp3) is 1.00. The molecule has 4 nitrogen and oxygen atoms in total. The molecule has 0 bridgehead atoms. The van der Waals surface area contributed by atoms with Gasteiger partial charge in [-0.3, -0.25) is 0 Å². The highest BCUT2D eigenvalue weighted by Crippen LogP contribution is 2.23. The lowest BCUT2D eigenvalue weighted by molar-refractivity contribution is 0.204. The maximum Gasteiger partial charge on any atom is 0.281 e. The molecule has 2 aliphatic heterocycles. The van der Waals surface area contributed by atoms with Crippen LogP contribution in [0.2, 0.25) is 0 Å². The van der Waals surface area contributed by atoms with E-state index in [0.29, 0.717) is 32.1 Å². The van der Waals surface area contributed by atoms with E-state index in [9.17, 15) is 8.42 Å². The van der Waals surface area contributed by atoms with Crippen molar-refractivity contribution in [2.45, 2.75) is 19.8 Å². The lowest BCUT2D eigenvalue weighted by Gasteiger charge is -2.38. The second kappa shape index (κ2) is 3.22. The minimum Gasteiger partial charge on any atom is -0.195 e. The van der Waals surface area contributed by atoms with E-state index in [4.69, 9.17) is 0 Å². The Morgan fingerprint density at radius 1 is 1.08 bits per heavy atom. The van der Waals surface area contributed by atoms with Gasteiger partial charge < -0.3 is 0 Å². The fourth-order valence-corrected chi connectivity index (χ4v) is 3.84. The van der Waals surface area contributed by atoms with Gasteiger partial charge >= 0.3 is 0 Å². The summed E-state index contributed by atoms with van der Waals surface area (Å²) in [5.74, 6) is 0.539. The van der Waals surface area contributed by atoms with Crippen molar-refractivity contribution in [3.63, 3.8) is 0 Å². The molecule has 0 N–H and O–H groups in total. The van der Waals surface area contributed by atoms with E-state index in [0.717, 1.165) is 12.8 Å². The molecule has 0 amide bonds. The Kier molecular flexibility index (Phi) is 2.33. The van der Waals surface area contributed by atoms with E-state index in [-0.39, 0.29) is 0 Å². The van der Waals surface area contributed by atoms with Gasteiger partial charge in [-0.1, -0.05) is 6.92 Å². The SMILES string of the molecule is CC1CN(S(=O)(=O)N2CCCC2)C1. The molecule has 2 heterocycles. The minimum absolute atomic E-state index is 0.539. The molecule has 0 aromatic rings. The van der Waals surface area contributed by atoms with Crippen LogP contribution in [0.4, 0.5) is 0 Å². The van der Waals surface area contributed by atoms with Gasteiger partial charge in [0.15, 0.2) is 0 Å². The molecule has 0 aromatic heterocycles. The highest BCUT2D eigenvalue weighted by Gasteiger charge is 2.37. The van der Waals surface area contributed by atoms with Crippen LogP contribution in [0.15, 0.2) is 0 Å². The largest absolute Gasteiger partial charge is 0.281 e. The lowest BCUT2D eigenvalue weighted by Crippen LogP contribution is -2.53. The first-order chi connectivity index (χ1) is 6.10. The van der Waals surface area contributed by atoms with Gasteiger partial charge in [-0.15, -0.1) is 0 Å². The fourth-order valence-electron chi connectivity index (χ4n) is 1.91. The molecule has 13 heavy (non-hydrogen) atoms. The average Bonchev–Trinajstić information content (AvgIpc) is 2.50. The molecule has 0 spiro atoms. The molecule has 2 rings (SSSR count). The molecule has 0 radical (unpaired) electrons. The summed E-state index contributed by atoms with van der Waals surface area (Å²) in [5, 5.41) is 0. The number of rotatable bonds is 2. The van der Waals surface area contributed by atoms with Crippen LogP contribution in [0, 0.1) is 5.92 Å². The summed E-state index contributed by atoms with van der Waals surface area (Å²) in [6.45, 7) is 4.92. The summed E-state index contributed by atoms with van der Waals surface area (Å²) in [6, 6.07) is 0. The summed E-state index contributed by atoms with van der Waals surface area (Å²) in [7, 11) is -3.07. The normalized spacial score (nSPS) is 27.8. The van der Waals surface area contributed by atoms with Gasteiger partial charge in [0.2, 0.25) is 0 Å². The third-order valence-corrected chi connectivity index (χ3v) is 4.72. The van der Waals surface area contributed by atoms with E-state index in [2.05, 4.69) is 6.92 Å². The molecule has 0 aliphatic carbocycles. The van der Waals surface area contributed by atoms with Crippen molar-refractivity contribution >= 4 is 10.2 Å². The third kappa shape index (κ3) is 1.60. The van der Waals surface area contributed by atoms with Crippen molar-refractivity contribution in [3.05, 3.63) is 0 Å². The summed E-state index contributed by atoms with van der Waals surface area (Å²) in [6.07, 6.45) is 2.03. The summed E-state index contributed by atoms with van der Waals surface area (Å²) < 4.78 is 26.8. The zero-order valence-electron chi connectivity index (χ0n) is 7.94. The van der Waals surface area contributed by atoms with Gasteiger partial charge in [-0.2, -0.15) is 17.0 Å². The monoisotopic (exact) mass is 204 g/mol. The second-order valence-corrected chi connectivity index (χ2v) is 5.96. The Morgan fingerprint density at radius 2 is 1.62 bits per heavy atom. The van der Waals surface area contributed by atoms with Crippen molar-refractivity contribution in [3.8, 4) is 0 Å². The van der Waals surface area contributed by atoms with E-state index in [1.807, 2.05) is 0 Å². The van der Waals surface area contributed by atoms with Crippen LogP contribution in [0.25, 0.3) is 0 Å². The van der Waals surface area contributed by atoms with Gasteiger partial charge in [0.25, 0.3) is 10.2 Å².